The zero-order chi connectivity index (χ0) is 13.3. The van der Waals surface area contributed by atoms with Crippen LogP contribution in [0.25, 0.3) is 0 Å². The molecule has 1 aromatic carbocycles. The molecule has 0 aliphatic carbocycles. The molecule has 5 heteroatoms. The van der Waals surface area contributed by atoms with E-state index >= 15 is 0 Å². The molecule has 2 rings (SSSR count). The third-order valence-electron chi connectivity index (χ3n) is 2.63. The minimum absolute atomic E-state index is 0.213. The summed E-state index contributed by atoms with van der Waals surface area (Å²) in [6.07, 6.45) is 0.257. The smallest absolute Gasteiger partial charge is 0.126 e. The van der Waals surface area contributed by atoms with Crippen molar-refractivity contribution >= 4 is 22.9 Å². The average Bonchev–Trinajstić information content (AvgIpc) is 2.61. The van der Waals surface area contributed by atoms with Crippen LogP contribution in [0.15, 0.2) is 30.3 Å². The van der Waals surface area contributed by atoms with Crippen LogP contribution in [0.2, 0.25) is 4.34 Å². The van der Waals surface area contributed by atoms with Crippen molar-refractivity contribution in [3.8, 4) is 0 Å². The van der Waals surface area contributed by atoms with Gasteiger partial charge in [-0.15, -0.1) is 11.3 Å². The zero-order valence-corrected chi connectivity index (χ0v) is 11.2. The molecule has 0 amide bonds. The Morgan fingerprint density at radius 2 is 1.83 bits per heavy atom. The minimum atomic E-state index is -1.34. The highest BCUT2D eigenvalue weighted by atomic mass is 35.5. The van der Waals surface area contributed by atoms with Gasteiger partial charge in [-0.3, -0.25) is 0 Å². The Labute approximate surface area is 113 Å². The van der Waals surface area contributed by atoms with Gasteiger partial charge in [0.05, 0.1) is 9.94 Å². The van der Waals surface area contributed by atoms with E-state index in [4.69, 9.17) is 11.6 Å². The summed E-state index contributed by atoms with van der Waals surface area (Å²) in [5, 5.41) is 10.3. The summed E-state index contributed by atoms with van der Waals surface area (Å²) >= 11 is 7.14. The number of hydrogen-bond acceptors (Lipinski definition) is 2. The molecule has 96 valence electrons. The summed E-state index contributed by atoms with van der Waals surface area (Å²) in [6.45, 7) is 1.52. The molecule has 0 aliphatic heterocycles. The molecule has 0 aliphatic rings. The molecule has 1 atom stereocenters. The Morgan fingerprint density at radius 3 is 2.33 bits per heavy atom. The number of rotatable bonds is 3. The van der Waals surface area contributed by atoms with E-state index in [2.05, 4.69) is 0 Å². The standard InChI is InChI=1S/C13H11ClF2OS/c1-13(17,7-11-2-3-12(14)18-11)8-4-9(15)6-10(16)5-8/h2-6,17H,7H2,1H3. The molecule has 2 aromatic rings. The van der Waals surface area contributed by atoms with E-state index in [0.717, 1.165) is 23.1 Å². The van der Waals surface area contributed by atoms with Crippen LogP contribution in [0.4, 0.5) is 8.78 Å². The number of thiophene rings is 1. The van der Waals surface area contributed by atoms with Gasteiger partial charge in [0.25, 0.3) is 0 Å². The van der Waals surface area contributed by atoms with Gasteiger partial charge >= 0.3 is 0 Å². The SMILES string of the molecule is CC(O)(Cc1ccc(Cl)s1)c1cc(F)cc(F)c1. The first-order chi connectivity index (χ1) is 8.37. The average molecular weight is 289 g/mol. The molecule has 1 nitrogen and oxygen atoms in total. The lowest BCUT2D eigenvalue weighted by molar-refractivity contribution is 0.0578. The van der Waals surface area contributed by atoms with Crippen molar-refractivity contribution in [3.63, 3.8) is 0 Å². The fourth-order valence-corrected chi connectivity index (χ4v) is 2.99. The van der Waals surface area contributed by atoms with Gasteiger partial charge in [0.15, 0.2) is 0 Å². The van der Waals surface area contributed by atoms with Crippen LogP contribution in [-0.4, -0.2) is 5.11 Å². The predicted molar refractivity (Wildman–Crippen MR) is 69.0 cm³/mol. The first-order valence-electron chi connectivity index (χ1n) is 5.30. The molecule has 0 spiro atoms. The van der Waals surface area contributed by atoms with Crippen LogP contribution in [-0.2, 0) is 12.0 Å². The first-order valence-corrected chi connectivity index (χ1v) is 6.49. The van der Waals surface area contributed by atoms with Gasteiger partial charge in [-0.05, 0) is 36.8 Å². The van der Waals surface area contributed by atoms with Gasteiger partial charge in [-0.25, -0.2) is 8.78 Å². The first kappa shape index (κ1) is 13.5. The van der Waals surface area contributed by atoms with Crippen LogP contribution in [0.1, 0.15) is 17.4 Å². The lowest BCUT2D eigenvalue weighted by atomic mass is 9.92. The van der Waals surface area contributed by atoms with Crippen LogP contribution >= 0.6 is 22.9 Å². The van der Waals surface area contributed by atoms with Gasteiger partial charge in [-0.2, -0.15) is 0 Å². The van der Waals surface area contributed by atoms with E-state index in [9.17, 15) is 13.9 Å². The Kier molecular flexibility index (Phi) is 3.71. The van der Waals surface area contributed by atoms with Crippen molar-refractivity contribution < 1.29 is 13.9 Å². The largest absolute Gasteiger partial charge is 0.385 e. The van der Waals surface area contributed by atoms with E-state index in [0.29, 0.717) is 4.34 Å². The van der Waals surface area contributed by atoms with Gasteiger partial charge < -0.3 is 5.11 Å². The van der Waals surface area contributed by atoms with E-state index in [-0.39, 0.29) is 12.0 Å². The van der Waals surface area contributed by atoms with Crippen molar-refractivity contribution in [2.24, 2.45) is 0 Å². The highest BCUT2D eigenvalue weighted by molar-refractivity contribution is 7.16. The Bertz CT molecular complexity index is 546. The van der Waals surface area contributed by atoms with E-state index in [1.54, 1.807) is 12.1 Å². The van der Waals surface area contributed by atoms with E-state index < -0.39 is 17.2 Å². The third kappa shape index (κ3) is 3.07. The summed E-state index contributed by atoms with van der Waals surface area (Å²) in [5.74, 6) is -1.40. The minimum Gasteiger partial charge on any atom is -0.385 e. The molecule has 0 saturated heterocycles. The summed E-state index contributed by atoms with van der Waals surface area (Å²) in [4.78, 5) is 0.856. The molecule has 1 N–H and O–H groups in total. The van der Waals surface area contributed by atoms with Crippen molar-refractivity contribution in [2.45, 2.75) is 18.9 Å². The lowest BCUT2D eigenvalue weighted by Crippen LogP contribution is -2.24. The summed E-state index contributed by atoms with van der Waals surface area (Å²) in [5.41, 5.74) is -1.12. The van der Waals surface area contributed by atoms with Crippen LogP contribution in [0.3, 0.4) is 0 Å². The van der Waals surface area contributed by atoms with Crippen molar-refractivity contribution in [3.05, 3.63) is 56.7 Å². The Balaban J connectivity index is 2.29. The summed E-state index contributed by atoms with van der Waals surface area (Å²) in [6, 6.07) is 6.57. The summed E-state index contributed by atoms with van der Waals surface area (Å²) in [7, 11) is 0. The molecule has 1 heterocycles. The fourth-order valence-electron chi connectivity index (χ4n) is 1.75. The van der Waals surface area contributed by atoms with Crippen LogP contribution < -0.4 is 0 Å². The lowest BCUT2D eigenvalue weighted by Gasteiger charge is -2.23. The summed E-state index contributed by atoms with van der Waals surface area (Å²) < 4.78 is 26.9. The molecular weight excluding hydrogens is 278 g/mol. The molecule has 18 heavy (non-hydrogen) atoms. The maximum Gasteiger partial charge on any atom is 0.126 e. The van der Waals surface area contributed by atoms with Crippen LogP contribution in [0, 0.1) is 11.6 Å². The molecular formula is C13H11ClF2OS. The number of aliphatic hydroxyl groups is 1. The van der Waals surface area contributed by atoms with Crippen molar-refractivity contribution in [1.29, 1.82) is 0 Å². The molecule has 0 saturated carbocycles. The topological polar surface area (TPSA) is 20.2 Å². The molecule has 0 bridgehead atoms. The van der Waals surface area contributed by atoms with Gasteiger partial charge in [0.2, 0.25) is 0 Å². The molecule has 1 aromatic heterocycles. The van der Waals surface area contributed by atoms with Crippen molar-refractivity contribution in [2.75, 3.05) is 0 Å². The predicted octanol–water partition coefficient (Wildman–Crippen LogP) is 4.13. The highest BCUT2D eigenvalue weighted by Crippen LogP contribution is 2.31. The van der Waals surface area contributed by atoms with Crippen molar-refractivity contribution in [1.82, 2.24) is 0 Å². The molecule has 0 fully saturated rings. The molecule has 1 unspecified atom stereocenters. The number of halogens is 3. The monoisotopic (exact) mass is 288 g/mol. The fraction of sp³-hybridized carbons (Fsp3) is 0.231. The third-order valence-corrected chi connectivity index (χ3v) is 3.86. The second kappa shape index (κ2) is 4.96. The Hall–Kier alpha value is -0.970. The zero-order valence-electron chi connectivity index (χ0n) is 9.58. The van der Waals surface area contributed by atoms with Gasteiger partial charge in [-0.1, -0.05) is 11.6 Å². The van der Waals surface area contributed by atoms with Gasteiger partial charge in [0.1, 0.15) is 11.6 Å². The normalized spacial score (nSPS) is 14.5. The second-order valence-corrected chi connectivity index (χ2v) is 6.11. The number of benzene rings is 1. The number of hydrogen-bond donors (Lipinski definition) is 1. The molecule has 0 radical (unpaired) electrons. The van der Waals surface area contributed by atoms with E-state index in [1.807, 2.05) is 0 Å². The Morgan fingerprint density at radius 1 is 1.22 bits per heavy atom. The van der Waals surface area contributed by atoms with E-state index in [1.165, 1.54) is 18.3 Å². The quantitative estimate of drug-likeness (QED) is 0.900. The highest BCUT2D eigenvalue weighted by Gasteiger charge is 2.25. The maximum absolute atomic E-state index is 13.1. The second-order valence-electron chi connectivity index (χ2n) is 4.31. The maximum atomic E-state index is 13.1. The van der Waals surface area contributed by atoms with Gasteiger partial charge in [0, 0.05) is 17.4 Å². The van der Waals surface area contributed by atoms with Crippen LogP contribution in [0.5, 0.6) is 0 Å².